The Hall–Kier alpha value is -2.45. The highest BCUT2D eigenvalue weighted by molar-refractivity contribution is 9.10. The first-order valence-corrected chi connectivity index (χ1v) is 8.68. The van der Waals surface area contributed by atoms with Gasteiger partial charge in [-0.1, -0.05) is 17.4 Å². The number of thiazole rings is 1. The van der Waals surface area contributed by atoms with E-state index in [1.165, 1.54) is 11.3 Å². The number of nitrogens with zero attached hydrogens (tertiary/aromatic N) is 3. The van der Waals surface area contributed by atoms with E-state index in [-0.39, 0.29) is 12.4 Å². The third kappa shape index (κ3) is 2.03. The van der Waals surface area contributed by atoms with E-state index in [0.29, 0.717) is 26.4 Å². The third-order valence-electron chi connectivity index (χ3n) is 3.74. The molecule has 4 aromatic rings. The second-order valence-electron chi connectivity index (χ2n) is 5.25. The van der Waals surface area contributed by atoms with Crippen molar-refractivity contribution in [3.05, 3.63) is 55.4 Å². The first kappa shape index (κ1) is 13.9. The van der Waals surface area contributed by atoms with Crippen molar-refractivity contribution in [3.63, 3.8) is 0 Å². The lowest BCUT2D eigenvalue weighted by molar-refractivity contribution is 0.174. The normalized spacial score (nSPS) is 14.1. The monoisotopic (exact) mass is 401 g/mol. The molecule has 1 aliphatic rings. The fourth-order valence-corrected chi connectivity index (χ4v) is 3.96. The predicted molar refractivity (Wildman–Crippen MR) is 93.7 cm³/mol. The van der Waals surface area contributed by atoms with E-state index < -0.39 is 0 Å². The van der Waals surface area contributed by atoms with Crippen LogP contribution in [0.2, 0.25) is 0 Å². The van der Waals surface area contributed by atoms with Gasteiger partial charge in [-0.05, 0) is 45.8 Å². The summed E-state index contributed by atoms with van der Waals surface area (Å²) in [5, 5.41) is 0. The van der Waals surface area contributed by atoms with Gasteiger partial charge < -0.3 is 9.47 Å². The Morgan fingerprint density at radius 2 is 2.12 bits per heavy atom. The highest BCUT2D eigenvalue weighted by Crippen LogP contribution is 2.32. The van der Waals surface area contributed by atoms with Crippen LogP contribution in [0.15, 0.2) is 39.7 Å². The summed E-state index contributed by atoms with van der Waals surface area (Å²) < 4.78 is 13.7. The van der Waals surface area contributed by atoms with E-state index >= 15 is 0 Å². The molecule has 0 unspecified atom stereocenters. The number of ether oxygens (including phenoxy) is 2. The number of halogens is 1. The van der Waals surface area contributed by atoms with Gasteiger partial charge in [0.1, 0.15) is 5.52 Å². The van der Waals surface area contributed by atoms with Crippen LogP contribution in [-0.4, -0.2) is 21.2 Å². The van der Waals surface area contributed by atoms with Gasteiger partial charge >= 0.3 is 0 Å². The van der Waals surface area contributed by atoms with Crippen LogP contribution in [0.4, 0.5) is 0 Å². The van der Waals surface area contributed by atoms with E-state index in [1.54, 1.807) is 10.6 Å². The summed E-state index contributed by atoms with van der Waals surface area (Å²) in [6.45, 7) is 0.228. The van der Waals surface area contributed by atoms with Crippen molar-refractivity contribution in [2.45, 2.75) is 0 Å². The molecule has 0 bridgehead atoms. The quantitative estimate of drug-likeness (QED) is 0.489. The molecular formula is C16H8BrN3O3S. The maximum Gasteiger partial charge on any atom is 0.276 e. The zero-order valence-corrected chi connectivity index (χ0v) is 14.4. The van der Waals surface area contributed by atoms with Crippen molar-refractivity contribution in [1.29, 1.82) is 0 Å². The first-order valence-electron chi connectivity index (χ1n) is 7.07. The van der Waals surface area contributed by atoms with E-state index in [2.05, 4.69) is 25.9 Å². The molecule has 0 radical (unpaired) electrons. The Morgan fingerprint density at radius 1 is 1.25 bits per heavy atom. The van der Waals surface area contributed by atoms with Gasteiger partial charge in [0, 0.05) is 10.7 Å². The van der Waals surface area contributed by atoms with Gasteiger partial charge in [-0.3, -0.25) is 4.79 Å². The lowest BCUT2D eigenvalue weighted by Crippen LogP contribution is -2.22. The molecule has 8 heteroatoms. The fourth-order valence-electron chi connectivity index (χ4n) is 2.67. The molecule has 3 aromatic heterocycles. The standard InChI is InChI=1S/C16H8BrN3O3S/c17-9-5-10-14(18-6-9)20-15(21)13(24-16(20)19-10)4-8-1-2-11-12(3-8)23-7-22-11/h1-6H,7H2/b13-4+. The first-order chi connectivity index (χ1) is 11.7. The van der Waals surface area contributed by atoms with Crippen molar-refractivity contribution in [3.8, 4) is 11.5 Å². The molecule has 5 rings (SSSR count). The summed E-state index contributed by atoms with van der Waals surface area (Å²) in [5.41, 5.74) is 2.02. The number of benzene rings is 1. The topological polar surface area (TPSA) is 65.7 Å². The van der Waals surface area contributed by atoms with Gasteiger partial charge in [0.05, 0.1) is 4.53 Å². The molecule has 0 amide bonds. The molecule has 0 saturated heterocycles. The zero-order chi connectivity index (χ0) is 16.3. The molecule has 1 aliphatic heterocycles. The van der Waals surface area contributed by atoms with Crippen LogP contribution in [0.25, 0.3) is 22.2 Å². The highest BCUT2D eigenvalue weighted by atomic mass is 79.9. The molecule has 0 aliphatic carbocycles. The fraction of sp³-hybridized carbons (Fsp3) is 0.0625. The Balaban J connectivity index is 1.72. The summed E-state index contributed by atoms with van der Waals surface area (Å²) in [6, 6.07) is 7.44. The lowest BCUT2D eigenvalue weighted by Gasteiger charge is -1.96. The third-order valence-corrected chi connectivity index (χ3v) is 5.15. The second kappa shape index (κ2) is 5.02. The Labute approximate surface area is 147 Å². The van der Waals surface area contributed by atoms with E-state index in [0.717, 1.165) is 15.8 Å². The molecular weight excluding hydrogens is 394 g/mol. The molecule has 24 heavy (non-hydrogen) atoms. The van der Waals surface area contributed by atoms with Crippen LogP contribution in [0.5, 0.6) is 11.5 Å². The van der Waals surface area contributed by atoms with Crippen LogP contribution in [-0.2, 0) is 0 Å². The van der Waals surface area contributed by atoms with Gasteiger partial charge in [0.2, 0.25) is 6.79 Å². The smallest absolute Gasteiger partial charge is 0.276 e. The number of imidazole rings is 1. The average Bonchev–Trinajstić information content (AvgIpc) is 3.23. The summed E-state index contributed by atoms with van der Waals surface area (Å²) in [5.74, 6) is 1.41. The van der Waals surface area contributed by atoms with Crippen molar-refractivity contribution in [2.75, 3.05) is 6.79 Å². The largest absolute Gasteiger partial charge is 0.454 e. The second-order valence-corrected chi connectivity index (χ2v) is 7.18. The van der Waals surface area contributed by atoms with Gasteiger partial charge in [-0.2, -0.15) is 0 Å². The van der Waals surface area contributed by atoms with Gasteiger partial charge in [-0.15, -0.1) is 0 Å². The van der Waals surface area contributed by atoms with Gasteiger partial charge in [-0.25, -0.2) is 14.4 Å². The summed E-state index contributed by atoms with van der Waals surface area (Å²) in [6.07, 6.45) is 3.49. The Bertz CT molecular complexity index is 1230. The number of rotatable bonds is 1. The van der Waals surface area contributed by atoms with E-state index in [9.17, 15) is 4.79 Å². The minimum absolute atomic E-state index is 0.120. The number of fused-ring (bicyclic) bond motifs is 4. The van der Waals surface area contributed by atoms with Crippen molar-refractivity contribution < 1.29 is 9.47 Å². The lowest BCUT2D eigenvalue weighted by atomic mass is 10.2. The Morgan fingerprint density at radius 3 is 3.04 bits per heavy atom. The Kier molecular flexibility index (Phi) is 2.92. The molecule has 0 spiro atoms. The molecule has 118 valence electrons. The maximum absolute atomic E-state index is 12.7. The van der Waals surface area contributed by atoms with Crippen molar-refractivity contribution >= 4 is 49.5 Å². The summed E-state index contributed by atoms with van der Waals surface area (Å²) >= 11 is 4.70. The zero-order valence-electron chi connectivity index (χ0n) is 12.0. The SMILES string of the molecule is O=c1/c(=C\c2ccc3c(c2)OCO3)sc2nc3cc(Br)cnc3n12. The summed E-state index contributed by atoms with van der Waals surface area (Å²) in [4.78, 5) is 22.1. The molecule has 0 saturated carbocycles. The van der Waals surface area contributed by atoms with Crippen LogP contribution in [0.3, 0.4) is 0 Å². The average molecular weight is 402 g/mol. The number of aromatic nitrogens is 3. The van der Waals surface area contributed by atoms with Crippen molar-refractivity contribution in [1.82, 2.24) is 14.4 Å². The van der Waals surface area contributed by atoms with Crippen LogP contribution < -0.4 is 19.6 Å². The molecule has 4 heterocycles. The molecule has 0 N–H and O–H groups in total. The van der Waals surface area contributed by atoms with Crippen LogP contribution in [0.1, 0.15) is 5.56 Å². The number of hydrogen-bond donors (Lipinski definition) is 0. The number of hydrogen-bond acceptors (Lipinski definition) is 6. The summed E-state index contributed by atoms with van der Waals surface area (Å²) in [7, 11) is 0. The highest BCUT2D eigenvalue weighted by Gasteiger charge is 2.14. The van der Waals surface area contributed by atoms with E-state index in [4.69, 9.17) is 9.47 Å². The van der Waals surface area contributed by atoms with Crippen LogP contribution >= 0.6 is 27.3 Å². The van der Waals surface area contributed by atoms with Crippen molar-refractivity contribution in [2.24, 2.45) is 0 Å². The maximum atomic E-state index is 12.7. The van der Waals surface area contributed by atoms with Crippen LogP contribution in [0, 0.1) is 0 Å². The van der Waals surface area contributed by atoms with E-state index in [1.807, 2.05) is 30.3 Å². The molecule has 0 atom stereocenters. The number of pyridine rings is 1. The van der Waals surface area contributed by atoms with Gasteiger partial charge in [0.25, 0.3) is 5.56 Å². The predicted octanol–water partition coefficient (Wildman–Crippen LogP) is 2.34. The molecule has 1 aromatic carbocycles. The van der Waals surface area contributed by atoms with Gasteiger partial charge in [0.15, 0.2) is 22.1 Å². The minimum Gasteiger partial charge on any atom is -0.454 e. The minimum atomic E-state index is -0.120. The molecule has 6 nitrogen and oxygen atoms in total. The molecule has 0 fully saturated rings.